The van der Waals surface area contributed by atoms with Gasteiger partial charge in [-0.3, -0.25) is 14.4 Å². The van der Waals surface area contributed by atoms with Gasteiger partial charge in [0.15, 0.2) is 5.13 Å². The highest BCUT2D eigenvalue weighted by molar-refractivity contribution is 8.00. The third-order valence-corrected chi connectivity index (χ3v) is 9.95. The fourth-order valence-corrected chi connectivity index (χ4v) is 7.16. The molecule has 0 saturated heterocycles. The molecule has 6 rings (SSSR count). The maximum atomic E-state index is 13.7. The molecule has 2 aromatic heterocycles. The van der Waals surface area contributed by atoms with Crippen LogP contribution in [0.25, 0.3) is 17.3 Å². The number of aromatic nitrogens is 1. The fraction of sp³-hybridized carbons (Fsp3) is 0.0526. The Hall–Kier alpha value is -5.29. The molecule has 0 spiro atoms. The van der Waals surface area contributed by atoms with Crippen LogP contribution in [0.15, 0.2) is 143 Å². The maximum absolute atomic E-state index is 13.7. The Morgan fingerprint density at radius 3 is 2.27 bits per heavy atom. The summed E-state index contributed by atoms with van der Waals surface area (Å²) in [5.74, 6) is -1.07. The van der Waals surface area contributed by atoms with E-state index in [2.05, 4.69) is 20.9 Å². The third kappa shape index (κ3) is 8.54. The highest BCUT2D eigenvalue weighted by Gasteiger charge is 2.24. The van der Waals surface area contributed by atoms with Gasteiger partial charge in [0.2, 0.25) is 5.91 Å². The first kappa shape index (κ1) is 32.6. The molecule has 0 aliphatic heterocycles. The van der Waals surface area contributed by atoms with E-state index in [1.165, 1.54) is 40.0 Å². The van der Waals surface area contributed by atoms with Crippen molar-refractivity contribution < 1.29 is 14.4 Å². The first-order chi connectivity index (χ1) is 23.4. The molecule has 0 fully saturated rings. The van der Waals surface area contributed by atoms with E-state index in [0.29, 0.717) is 16.4 Å². The lowest BCUT2D eigenvalue weighted by Gasteiger charge is -2.17. The molecule has 0 aliphatic rings. The zero-order valence-electron chi connectivity index (χ0n) is 25.8. The number of nitrogens with zero attached hydrogens (tertiary/aromatic N) is 1. The number of nitrogens with one attached hydrogen (secondary N) is 3. The Labute approximate surface area is 290 Å². The molecule has 0 bridgehead atoms. The predicted molar refractivity (Wildman–Crippen MR) is 197 cm³/mol. The average molecular weight is 687 g/mol. The van der Waals surface area contributed by atoms with Crippen LogP contribution in [0.1, 0.15) is 31.6 Å². The first-order valence-corrected chi connectivity index (χ1v) is 17.6. The number of hydrogen-bond acceptors (Lipinski definition) is 7. The van der Waals surface area contributed by atoms with Crippen LogP contribution in [0.4, 0.5) is 10.8 Å². The van der Waals surface area contributed by atoms with Crippen LogP contribution in [0.3, 0.4) is 0 Å². The smallest absolute Gasteiger partial charge is 0.272 e. The van der Waals surface area contributed by atoms with E-state index in [1.54, 1.807) is 36.4 Å². The van der Waals surface area contributed by atoms with Gasteiger partial charge < -0.3 is 16.0 Å². The van der Waals surface area contributed by atoms with Crippen LogP contribution in [0.2, 0.25) is 0 Å². The van der Waals surface area contributed by atoms with Gasteiger partial charge in [0.1, 0.15) is 10.9 Å². The van der Waals surface area contributed by atoms with E-state index in [4.69, 9.17) is 0 Å². The average Bonchev–Trinajstić information content (AvgIpc) is 3.81. The van der Waals surface area contributed by atoms with E-state index in [0.717, 1.165) is 26.6 Å². The molecule has 1 atom stereocenters. The fourth-order valence-electron chi connectivity index (χ4n) is 4.70. The monoisotopic (exact) mass is 686 g/mol. The largest absolute Gasteiger partial charge is 0.321 e. The summed E-state index contributed by atoms with van der Waals surface area (Å²) in [6.45, 7) is 2.04. The number of hydrogen-bond donors (Lipinski definition) is 3. The lowest BCUT2D eigenvalue weighted by molar-refractivity contribution is -0.116. The van der Waals surface area contributed by atoms with Crippen LogP contribution >= 0.6 is 34.4 Å². The number of benzene rings is 4. The third-order valence-electron chi connectivity index (χ3n) is 7.13. The highest BCUT2D eigenvalue weighted by Crippen LogP contribution is 2.38. The van der Waals surface area contributed by atoms with Gasteiger partial charge in [0, 0.05) is 32.0 Å². The Morgan fingerprint density at radius 2 is 1.54 bits per heavy atom. The summed E-state index contributed by atoms with van der Waals surface area (Å²) in [5.41, 5.74) is 4.85. The molecule has 0 saturated carbocycles. The second kappa shape index (κ2) is 15.5. The van der Waals surface area contributed by atoms with Crippen LogP contribution in [0.5, 0.6) is 0 Å². The predicted octanol–water partition coefficient (Wildman–Crippen LogP) is 9.06. The molecule has 3 N–H and O–H groups in total. The second-order valence-corrected chi connectivity index (χ2v) is 13.7. The number of aryl methyl sites for hydroxylation is 1. The molecule has 10 heteroatoms. The molecule has 1 unspecified atom stereocenters. The lowest BCUT2D eigenvalue weighted by Crippen LogP contribution is -2.30. The summed E-state index contributed by atoms with van der Waals surface area (Å²) < 4.78 is 0. The molecule has 238 valence electrons. The summed E-state index contributed by atoms with van der Waals surface area (Å²) in [5, 5.41) is 12.4. The molecular formula is C38H30N4O3S3. The van der Waals surface area contributed by atoms with Crippen molar-refractivity contribution in [2.24, 2.45) is 0 Å². The van der Waals surface area contributed by atoms with Crippen molar-refractivity contribution in [1.82, 2.24) is 10.3 Å². The maximum Gasteiger partial charge on any atom is 0.272 e. The number of carbonyl (C=O) groups excluding carboxylic acids is 3. The van der Waals surface area contributed by atoms with Gasteiger partial charge in [0.25, 0.3) is 11.8 Å². The standard InChI is InChI=1S/C38H30N4O3S3/c1-25-17-19-26(20-18-25)33-24-47-38(41-33)42-37(45)34(27-10-4-2-5-11-27)48-31-15-8-14-29(22-31)39-36(44)32(23-30-16-9-21-46-30)40-35(43)28-12-6-3-7-13-28/h2-24,34H,1H3,(H,39,44)(H,40,43)(H,41,42,45)/b32-23-. The normalized spacial score (nSPS) is 11.8. The SMILES string of the molecule is Cc1ccc(-c2csc(NC(=O)C(Sc3cccc(NC(=O)/C(=C/c4cccs4)NC(=O)c4ccccc4)c3)c3ccccc3)n2)cc1. The van der Waals surface area contributed by atoms with Gasteiger partial charge in [-0.05, 0) is 60.3 Å². The van der Waals surface area contributed by atoms with Gasteiger partial charge in [0.05, 0.1) is 5.69 Å². The molecule has 4 aromatic carbocycles. The number of thioether (sulfide) groups is 1. The van der Waals surface area contributed by atoms with Crippen molar-refractivity contribution in [1.29, 1.82) is 0 Å². The molecule has 7 nitrogen and oxygen atoms in total. The van der Waals surface area contributed by atoms with E-state index >= 15 is 0 Å². The Kier molecular flexibility index (Phi) is 10.6. The van der Waals surface area contributed by atoms with Crippen molar-refractivity contribution in [2.45, 2.75) is 17.1 Å². The van der Waals surface area contributed by atoms with Crippen LogP contribution in [-0.2, 0) is 9.59 Å². The summed E-state index contributed by atoms with van der Waals surface area (Å²) in [7, 11) is 0. The van der Waals surface area contributed by atoms with E-state index in [9.17, 15) is 14.4 Å². The number of amides is 3. The first-order valence-electron chi connectivity index (χ1n) is 15.0. The van der Waals surface area contributed by atoms with Gasteiger partial charge >= 0.3 is 0 Å². The topological polar surface area (TPSA) is 100 Å². The molecule has 0 aliphatic carbocycles. The van der Waals surface area contributed by atoms with Gasteiger partial charge in [-0.2, -0.15) is 0 Å². The van der Waals surface area contributed by atoms with Crippen molar-refractivity contribution in [2.75, 3.05) is 10.6 Å². The highest BCUT2D eigenvalue weighted by atomic mass is 32.2. The van der Waals surface area contributed by atoms with Crippen molar-refractivity contribution >= 4 is 69.1 Å². The number of carbonyl (C=O) groups is 3. The zero-order valence-corrected chi connectivity index (χ0v) is 28.2. The molecule has 6 aromatic rings. The van der Waals surface area contributed by atoms with Gasteiger partial charge in [-0.1, -0.05) is 90.5 Å². The van der Waals surface area contributed by atoms with Gasteiger partial charge in [-0.25, -0.2) is 4.98 Å². The summed E-state index contributed by atoms with van der Waals surface area (Å²) >= 11 is 4.20. The van der Waals surface area contributed by atoms with Crippen molar-refractivity contribution in [3.63, 3.8) is 0 Å². The molecule has 2 heterocycles. The minimum Gasteiger partial charge on any atom is -0.321 e. The number of rotatable bonds is 11. The Morgan fingerprint density at radius 1 is 0.792 bits per heavy atom. The van der Waals surface area contributed by atoms with Crippen molar-refractivity contribution in [3.05, 3.63) is 159 Å². The number of anilines is 2. The van der Waals surface area contributed by atoms with Crippen LogP contribution in [0, 0.1) is 6.92 Å². The van der Waals surface area contributed by atoms with Crippen LogP contribution in [-0.4, -0.2) is 22.7 Å². The zero-order chi connectivity index (χ0) is 33.3. The molecule has 0 radical (unpaired) electrons. The minimum atomic E-state index is -0.594. The van der Waals surface area contributed by atoms with E-state index in [-0.39, 0.29) is 17.5 Å². The van der Waals surface area contributed by atoms with Crippen LogP contribution < -0.4 is 16.0 Å². The number of thiophene rings is 1. The molecule has 3 amide bonds. The summed E-state index contributed by atoms with van der Waals surface area (Å²) in [6.07, 6.45) is 1.65. The second-order valence-electron chi connectivity index (χ2n) is 10.7. The Bertz CT molecular complexity index is 2040. The minimum absolute atomic E-state index is 0.111. The Balaban J connectivity index is 1.19. The van der Waals surface area contributed by atoms with Gasteiger partial charge in [-0.15, -0.1) is 34.4 Å². The van der Waals surface area contributed by atoms with E-state index < -0.39 is 11.2 Å². The lowest BCUT2D eigenvalue weighted by atomic mass is 10.1. The number of thiazole rings is 1. The van der Waals surface area contributed by atoms with E-state index in [1.807, 2.05) is 109 Å². The molecule has 48 heavy (non-hydrogen) atoms. The molecular weight excluding hydrogens is 657 g/mol. The summed E-state index contributed by atoms with van der Waals surface area (Å²) in [6, 6.07) is 37.4. The quantitative estimate of drug-likeness (QED) is 0.0933. The summed E-state index contributed by atoms with van der Waals surface area (Å²) in [4.78, 5) is 46.5. The van der Waals surface area contributed by atoms with Crippen molar-refractivity contribution in [3.8, 4) is 11.3 Å².